The van der Waals surface area contributed by atoms with Crippen molar-refractivity contribution in [2.45, 2.75) is 32.1 Å². The number of allylic oxidation sites excluding steroid dienone is 1. The molecule has 0 heterocycles. The van der Waals surface area contributed by atoms with Crippen LogP contribution in [0.2, 0.25) is 0 Å². The van der Waals surface area contributed by atoms with E-state index in [4.69, 9.17) is 0 Å². The first-order chi connectivity index (χ1) is 11.0. The van der Waals surface area contributed by atoms with Crippen LogP contribution >= 0.6 is 0 Å². The molecule has 120 valence electrons. The first-order valence-corrected chi connectivity index (χ1v) is 7.58. The maximum atomic E-state index is 14.3. The second-order valence-corrected chi connectivity index (χ2v) is 5.84. The third-order valence-corrected chi connectivity index (χ3v) is 4.39. The molecule has 0 fully saturated rings. The zero-order valence-electron chi connectivity index (χ0n) is 12.7. The van der Waals surface area contributed by atoms with Crippen molar-refractivity contribution in [1.29, 1.82) is 0 Å². The molecule has 0 nitrogen and oxygen atoms in total. The van der Waals surface area contributed by atoms with Gasteiger partial charge < -0.3 is 0 Å². The summed E-state index contributed by atoms with van der Waals surface area (Å²) in [5.74, 6) is -4.21. The van der Waals surface area contributed by atoms with Gasteiger partial charge in [0.2, 0.25) is 0 Å². The second kappa shape index (κ2) is 6.19. The van der Waals surface area contributed by atoms with Crippen molar-refractivity contribution >= 4 is 6.08 Å². The van der Waals surface area contributed by atoms with Gasteiger partial charge in [0.05, 0.1) is 0 Å². The summed E-state index contributed by atoms with van der Waals surface area (Å²) >= 11 is 0. The molecule has 1 atom stereocenters. The van der Waals surface area contributed by atoms with Crippen LogP contribution in [-0.4, -0.2) is 0 Å². The van der Waals surface area contributed by atoms with E-state index in [1.165, 1.54) is 6.07 Å². The summed E-state index contributed by atoms with van der Waals surface area (Å²) in [5.41, 5.74) is 1.94. The van der Waals surface area contributed by atoms with E-state index < -0.39 is 17.5 Å². The van der Waals surface area contributed by atoms with E-state index in [1.54, 1.807) is 12.1 Å². The molecule has 4 heteroatoms. The van der Waals surface area contributed by atoms with Crippen molar-refractivity contribution in [2.24, 2.45) is 0 Å². The monoisotopic (exact) mass is 320 g/mol. The summed E-state index contributed by atoms with van der Waals surface area (Å²) in [6, 6.07) is 6.03. The van der Waals surface area contributed by atoms with Gasteiger partial charge in [-0.25, -0.2) is 17.6 Å². The van der Waals surface area contributed by atoms with Crippen molar-refractivity contribution in [2.75, 3.05) is 0 Å². The van der Waals surface area contributed by atoms with Crippen molar-refractivity contribution in [3.63, 3.8) is 0 Å². The lowest BCUT2D eigenvalue weighted by Gasteiger charge is -2.26. The molecule has 0 amide bonds. The van der Waals surface area contributed by atoms with Gasteiger partial charge in [0.15, 0.2) is 17.5 Å². The Morgan fingerprint density at radius 1 is 1.00 bits per heavy atom. The van der Waals surface area contributed by atoms with Crippen molar-refractivity contribution in [1.82, 2.24) is 0 Å². The fourth-order valence-electron chi connectivity index (χ4n) is 3.26. The van der Waals surface area contributed by atoms with Crippen LogP contribution in [0, 0.1) is 23.3 Å². The molecule has 2 aromatic carbocycles. The lowest BCUT2D eigenvalue weighted by atomic mass is 9.79. The zero-order valence-corrected chi connectivity index (χ0v) is 12.7. The highest BCUT2D eigenvalue weighted by atomic mass is 19.2. The van der Waals surface area contributed by atoms with Crippen molar-refractivity contribution in [3.05, 3.63) is 75.9 Å². The molecule has 1 aliphatic rings. The van der Waals surface area contributed by atoms with E-state index in [1.807, 2.05) is 19.1 Å². The molecule has 0 aliphatic heterocycles. The second-order valence-electron chi connectivity index (χ2n) is 5.84. The maximum Gasteiger partial charge on any atom is 0.194 e. The van der Waals surface area contributed by atoms with Gasteiger partial charge in [0.25, 0.3) is 0 Å². The van der Waals surface area contributed by atoms with Gasteiger partial charge in [-0.1, -0.05) is 24.3 Å². The predicted octanol–water partition coefficient (Wildman–Crippen LogP) is 5.55. The van der Waals surface area contributed by atoms with Gasteiger partial charge in [-0.3, -0.25) is 0 Å². The fourth-order valence-corrected chi connectivity index (χ4v) is 3.26. The van der Waals surface area contributed by atoms with Crippen LogP contribution in [-0.2, 0) is 12.8 Å². The van der Waals surface area contributed by atoms with Crippen LogP contribution in [0.5, 0.6) is 0 Å². The van der Waals surface area contributed by atoms with Gasteiger partial charge in [-0.05, 0) is 66.5 Å². The van der Waals surface area contributed by atoms with Crippen LogP contribution in [0.25, 0.3) is 6.08 Å². The number of hydrogen-bond acceptors (Lipinski definition) is 0. The Labute approximate surface area is 132 Å². The van der Waals surface area contributed by atoms with Crippen molar-refractivity contribution < 1.29 is 17.6 Å². The Morgan fingerprint density at radius 3 is 2.48 bits per heavy atom. The molecule has 0 saturated heterocycles. The van der Waals surface area contributed by atoms with Crippen LogP contribution in [0.3, 0.4) is 0 Å². The largest absolute Gasteiger partial charge is 0.207 e. The SMILES string of the molecule is C/C=C/c1ccc(C2CCc3c(cc(F)c(F)c3F)C2)c(F)c1. The van der Waals surface area contributed by atoms with Gasteiger partial charge >= 0.3 is 0 Å². The smallest absolute Gasteiger partial charge is 0.194 e. The lowest BCUT2D eigenvalue weighted by Crippen LogP contribution is -2.17. The zero-order chi connectivity index (χ0) is 16.6. The quantitative estimate of drug-likeness (QED) is 0.503. The number of rotatable bonds is 2. The predicted molar refractivity (Wildman–Crippen MR) is 82.2 cm³/mol. The minimum absolute atomic E-state index is 0.161. The van der Waals surface area contributed by atoms with Gasteiger partial charge in [0, 0.05) is 0 Å². The minimum Gasteiger partial charge on any atom is -0.207 e. The molecule has 23 heavy (non-hydrogen) atoms. The molecule has 1 unspecified atom stereocenters. The van der Waals surface area contributed by atoms with Gasteiger partial charge in [-0.2, -0.15) is 0 Å². The molecule has 0 bridgehead atoms. The van der Waals surface area contributed by atoms with Gasteiger partial charge in [0.1, 0.15) is 5.82 Å². The summed E-state index contributed by atoms with van der Waals surface area (Å²) in [5, 5.41) is 0. The first-order valence-electron chi connectivity index (χ1n) is 7.58. The van der Waals surface area contributed by atoms with Crippen LogP contribution < -0.4 is 0 Å². The third kappa shape index (κ3) is 2.90. The number of hydrogen-bond donors (Lipinski definition) is 0. The third-order valence-electron chi connectivity index (χ3n) is 4.39. The molecule has 2 aromatic rings. The average molecular weight is 320 g/mol. The molecular formula is C19H16F4. The molecule has 0 N–H and O–H groups in total. The molecule has 0 saturated carbocycles. The standard InChI is InChI=1S/C19H16F4/c1-2-3-11-4-6-14(16(20)8-11)12-5-7-15-13(9-12)10-17(21)19(23)18(15)22/h2-4,6,8,10,12H,5,7,9H2,1H3/b3-2+. The highest BCUT2D eigenvalue weighted by Crippen LogP contribution is 2.36. The summed E-state index contributed by atoms with van der Waals surface area (Å²) in [4.78, 5) is 0. The summed E-state index contributed by atoms with van der Waals surface area (Å²) in [6.45, 7) is 1.85. The van der Waals surface area contributed by atoms with Gasteiger partial charge in [-0.15, -0.1) is 0 Å². The summed E-state index contributed by atoms with van der Waals surface area (Å²) in [7, 11) is 0. The molecular weight excluding hydrogens is 304 g/mol. The van der Waals surface area contributed by atoms with Crippen molar-refractivity contribution in [3.8, 4) is 0 Å². The summed E-state index contributed by atoms with van der Waals surface area (Å²) in [6.07, 6.45) is 4.72. The Morgan fingerprint density at radius 2 is 1.78 bits per heavy atom. The topological polar surface area (TPSA) is 0 Å². The Hall–Kier alpha value is -2.10. The van der Waals surface area contributed by atoms with Crippen LogP contribution in [0.4, 0.5) is 17.6 Å². The van der Waals surface area contributed by atoms with E-state index in [0.29, 0.717) is 24.0 Å². The molecule has 0 spiro atoms. The Kier molecular flexibility index (Phi) is 4.24. The fraction of sp³-hybridized carbons (Fsp3) is 0.263. The number of benzene rings is 2. The van der Waals surface area contributed by atoms with E-state index in [0.717, 1.165) is 11.6 Å². The van der Waals surface area contributed by atoms with Crippen LogP contribution in [0.15, 0.2) is 30.3 Å². The van der Waals surface area contributed by atoms with Crippen LogP contribution in [0.1, 0.15) is 41.5 Å². The Bertz CT molecular complexity index is 777. The van der Waals surface area contributed by atoms with E-state index in [9.17, 15) is 17.6 Å². The molecule has 0 aromatic heterocycles. The molecule has 3 rings (SSSR count). The minimum atomic E-state index is -1.43. The highest BCUT2D eigenvalue weighted by molar-refractivity contribution is 5.50. The number of fused-ring (bicyclic) bond motifs is 1. The molecule has 1 aliphatic carbocycles. The lowest BCUT2D eigenvalue weighted by molar-refractivity contribution is 0.427. The van der Waals surface area contributed by atoms with E-state index in [2.05, 4.69) is 0 Å². The first kappa shape index (κ1) is 15.8. The number of halogens is 4. The summed E-state index contributed by atoms with van der Waals surface area (Å²) < 4.78 is 54.8. The van der Waals surface area contributed by atoms with E-state index in [-0.39, 0.29) is 23.7 Å². The maximum absolute atomic E-state index is 14.3. The average Bonchev–Trinajstić information content (AvgIpc) is 2.53. The molecule has 0 radical (unpaired) electrons. The normalized spacial score (nSPS) is 17.5. The Balaban J connectivity index is 1.93. The highest BCUT2D eigenvalue weighted by Gasteiger charge is 2.27. The van der Waals surface area contributed by atoms with E-state index >= 15 is 0 Å².